The lowest BCUT2D eigenvalue weighted by molar-refractivity contribution is 0.392. The molecule has 0 aromatic carbocycles. The van der Waals surface area contributed by atoms with Gasteiger partial charge in [0.1, 0.15) is 0 Å². The molecule has 108 valence electrons. The van der Waals surface area contributed by atoms with E-state index >= 15 is 0 Å². The molecule has 0 aliphatic carbocycles. The zero-order valence-electron chi connectivity index (χ0n) is 11.6. The first-order valence-electron chi connectivity index (χ1n) is 6.33. The Bertz CT molecular complexity index is 726. The standard InChI is InChI=1S/C13H13N5OS2/c1-3-18-11(9-5-4-8-20-9)16-17-13(18)21-12-14-7-6-10(15-12)19-2/h4-8H,3H2,1-2H3. The zero-order valence-corrected chi connectivity index (χ0v) is 13.2. The summed E-state index contributed by atoms with van der Waals surface area (Å²) in [5, 5.41) is 11.9. The van der Waals surface area contributed by atoms with E-state index in [1.54, 1.807) is 30.7 Å². The molecule has 0 aliphatic rings. The molecular formula is C13H13N5OS2. The van der Waals surface area contributed by atoms with Crippen LogP contribution in [0.1, 0.15) is 6.92 Å². The molecule has 3 aromatic rings. The number of ether oxygens (including phenoxy) is 1. The summed E-state index contributed by atoms with van der Waals surface area (Å²) in [7, 11) is 1.58. The lowest BCUT2D eigenvalue weighted by Gasteiger charge is -2.05. The van der Waals surface area contributed by atoms with Crippen LogP contribution in [0.4, 0.5) is 0 Å². The molecule has 0 aliphatic heterocycles. The summed E-state index contributed by atoms with van der Waals surface area (Å²) in [6.45, 7) is 2.85. The van der Waals surface area contributed by atoms with Crippen molar-refractivity contribution < 1.29 is 4.74 Å². The van der Waals surface area contributed by atoms with Crippen molar-refractivity contribution in [2.45, 2.75) is 23.8 Å². The Labute approximate surface area is 130 Å². The predicted molar refractivity (Wildman–Crippen MR) is 81.7 cm³/mol. The minimum atomic E-state index is 0.536. The third-order valence-corrected chi connectivity index (χ3v) is 4.50. The maximum absolute atomic E-state index is 5.11. The Hall–Kier alpha value is -1.93. The Morgan fingerprint density at radius 3 is 2.95 bits per heavy atom. The van der Waals surface area contributed by atoms with E-state index in [-0.39, 0.29) is 0 Å². The van der Waals surface area contributed by atoms with Gasteiger partial charge in [-0.25, -0.2) is 4.98 Å². The Balaban J connectivity index is 1.92. The van der Waals surface area contributed by atoms with Crippen molar-refractivity contribution >= 4 is 23.1 Å². The molecule has 0 spiro atoms. The molecule has 0 amide bonds. The van der Waals surface area contributed by atoms with Gasteiger partial charge in [0.25, 0.3) is 0 Å². The number of hydrogen-bond acceptors (Lipinski definition) is 7. The molecule has 0 atom stereocenters. The smallest absolute Gasteiger partial charge is 0.217 e. The lowest BCUT2D eigenvalue weighted by atomic mass is 10.4. The van der Waals surface area contributed by atoms with Crippen molar-refractivity contribution in [3.63, 3.8) is 0 Å². The highest BCUT2D eigenvalue weighted by Gasteiger charge is 2.15. The molecule has 0 fully saturated rings. The van der Waals surface area contributed by atoms with Crippen LogP contribution in [-0.4, -0.2) is 31.8 Å². The molecule has 0 N–H and O–H groups in total. The van der Waals surface area contributed by atoms with Crippen LogP contribution in [0.5, 0.6) is 5.88 Å². The first-order chi connectivity index (χ1) is 10.3. The van der Waals surface area contributed by atoms with Crippen LogP contribution >= 0.6 is 23.1 Å². The van der Waals surface area contributed by atoms with E-state index in [1.165, 1.54) is 11.8 Å². The van der Waals surface area contributed by atoms with Gasteiger partial charge in [-0.1, -0.05) is 6.07 Å². The summed E-state index contributed by atoms with van der Waals surface area (Å²) in [6.07, 6.45) is 1.67. The molecule has 6 nitrogen and oxygen atoms in total. The average molecular weight is 319 g/mol. The van der Waals surface area contributed by atoms with Crippen molar-refractivity contribution in [2.75, 3.05) is 7.11 Å². The molecule has 0 unspecified atom stereocenters. The van der Waals surface area contributed by atoms with Gasteiger partial charge in [0, 0.05) is 18.8 Å². The molecule has 0 saturated heterocycles. The summed E-state index contributed by atoms with van der Waals surface area (Å²) >= 11 is 3.03. The van der Waals surface area contributed by atoms with Gasteiger partial charge in [0.2, 0.25) is 5.88 Å². The van der Waals surface area contributed by atoms with Crippen LogP contribution in [0, 0.1) is 0 Å². The largest absolute Gasteiger partial charge is 0.481 e. The Kier molecular flexibility index (Phi) is 4.16. The van der Waals surface area contributed by atoms with Gasteiger partial charge in [-0.3, -0.25) is 0 Å². The third kappa shape index (κ3) is 2.91. The molecule has 0 bridgehead atoms. The summed E-state index contributed by atoms with van der Waals surface area (Å²) in [5.41, 5.74) is 0. The zero-order chi connectivity index (χ0) is 14.7. The third-order valence-electron chi connectivity index (χ3n) is 2.77. The minimum absolute atomic E-state index is 0.536. The quantitative estimate of drug-likeness (QED) is 0.674. The van der Waals surface area contributed by atoms with Gasteiger partial charge in [-0.2, -0.15) is 4.98 Å². The number of thiophene rings is 1. The fourth-order valence-corrected chi connectivity index (χ4v) is 3.34. The minimum Gasteiger partial charge on any atom is -0.481 e. The summed E-state index contributed by atoms with van der Waals surface area (Å²) in [5.74, 6) is 1.41. The van der Waals surface area contributed by atoms with Crippen LogP contribution in [0.2, 0.25) is 0 Å². The van der Waals surface area contributed by atoms with Crippen LogP contribution in [0.15, 0.2) is 40.1 Å². The van der Waals surface area contributed by atoms with E-state index in [0.29, 0.717) is 11.0 Å². The highest BCUT2D eigenvalue weighted by Crippen LogP contribution is 2.29. The van der Waals surface area contributed by atoms with E-state index in [9.17, 15) is 0 Å². The van der Waals surface area contributed by atoms with E-state index < -0.39 is 0 Å². The monoisotopic (exact) mass is 319 g/mol. The van der Waals surface area contributed by atoms with Gasteiger partial charge >= 0.3 is 0 Å². The van der Waals surface area contributed by atoms with Crippen molar-refractivity contribution in [3.05, 3.63) is 29.8 Å². The van der Waals surface area contributed by atoms with Crippen molar-refractivity contribution in [1.29, 1.82) is 0 Å². The molecular weight excluding hydrogens is 306 g/mol. The van der Waals surface area contributed by atoms with Crippen molar-refractivity contribution in [3.8, 4) is 16.6 Å². The number of nitrogens with zero attached hydrogens (tertiary/aromatic N) is 5. The van der Waals surface area contributed by atoms with Crippen LogP contribution < -0.4 is 4.74 Å². The second-order valence-electron chi connectivity index (χ2n) is 4.01. The fraction of sp³-hybridized carbons (Fsp3) is 0.231. The van der Waals surface area contributed by atoms with Gasteiger partial charge in [-0.05, 0) is 30.1 Å². The maximum Gasteiger partial charge on any atom is 0.217 e. The van der Waals surface area contributed by atoms with Crippen LogP contribution in [0.3, 0.4) is 0 Å². The Morgan fingerprint density at radius 2 is 2.24 bits per heavy atom. The van der Waals surface area contributed by atoms with E-state index in [2.05, 4.69) is 31.7 Å². The molecule has 3 rings (SSSR count). The number of rotatable bonds is 5. The van der Waals surface area contributed by atoms with Crippen LogP contribution in [0.25, 0.3) is 10.7 Å². The van der Waals surface area contributed by atoms with E-state index in [0.717, 1.165) is 22.4 Å². The summed E-state index contributed by atoms with van der Waals surface area (Å²) in [6, 6.07) is 5.76. The normalized spacial score (nSPS) is 10.8. The number of methoxy groups -OCH3 is 1. The second-order valence-corrected chi connectivity index (χ2v) is 5.89. The maximum atomic E-state index is 5.11. The number of hydrogen-bond donors (Lipinski definition) is 0. The molecule has 0 saturated carbocycles. The van der Waals surface area contributed by atoms with E-state index in [4.69, 9.17) is 4.74 Å². The highest BCUT2D eigenvalue weighted by molar-refractivity contribution is 7.99. The summed E-state index contributed by atoms with van der Waals surface area (Å²) in [4.78, 5) is 9.61. The van der Waals surface area contributed by atoms with Crippen molar-refractivity contribution in [1.82, 2.24) is 24.7 Å². The fourth-order valence-electron chi connectivity index (χ4n) is 1.81. The Morgan fingerprint density at radius 1 is 1.33 bits per heavy atom. The molecule has 3 aromatic heterocycles. The first kappa shape index (κ1) is 14.0. The van der Waals surface area contributed by atoms with Gasteiger partial charge < -0.3 is 9.30 Å². The average Bonchev–Trinajstić information content (AvgIpc) is 3.16. The van der Waals surface area contributed by atoms with Crippen molar-refractivity contribution in [2.24, 2.45) is 0 Å². The second kappa shape index (κ2) is 6.23. The first-order valence-corrected chi connectivity index (χ1v) is 8.03. The highest BCUT2D eigenvalue weighted by atomic mass is 32.2. The van der Waals surface area contributed by atoms with E-state index in [1.807, 2.05) is 17.5 Å². The summed E-state index contributed by atoms with van der Waals surface area (Å²) < 4.78 is 7.16. The lowest BCUT2D eigenvalue weighted by Crippen LogP contribution is -1.99. The SMILES string of the molecule is CCn1c(Sc2nccc(OC)n2)nnc1-c1cccs1. The van der Waals surface area contributed by atoms with Crippen LogP contribution in [-0.2, 0) is 6.54 Å². The van der Waals surface area contributed by atoms with Gasteiger partial charge in [0.05, 0.1) is 12.0 Å². The molecule has 3 heterocycles. The molecule has 21 heavy (non-hydrogen) atoms. The predicted octanol–water partition coefficient (Wildman–Crippen LogP) is 2.98. The molecule has 0 radical (unpaired) electrons. The number of aromatic nitrogens is 5. The topological polar surface area (TPSA) is 65.7 Å². The van der Waals surface area contributed by atoms with Gasteiger partial charge in [-0.15, -0.1) is 21.5 Å². The van der Waals surface area contributed by atoms with Gasteiger partial charge in [0.15, 0.2) is 16.1 Å². The molecule has 8 heteroatoms.